The zero-order valence-electron chi connectivity index (χ0n) is 11.1. The van der Waals surface area contributed by atoms with Crippen LogP contribution in [0.2, 0.25) is 0 Å². The van der Waals surface area contributed by atoms with E-state index in [1.165, 1.54) is 0 Å². The number of sulfonamides is 1. The molecule has 0 atom stereocenters. The maximum absolute atomic E-state index is 13.3. The largest absolute Gasteiger partial charge is 0.398 e. The van der Waals surface area contributed by atoms with Crippen LogP contribution >= 0.6 is 15.9 Å². The third kappa shape index (κ3) is 3.58. The standard InChI is InChI=1S/C13H13BrFN3O2S/c1-8-3-2-4-17-12(8)7-18-21(19,20)13-5-9(14)10(15)6-11(13)16/h2-6,18H,7,16H2,1H3. The normalized spacial score (nSPS) is 11.6. The summed E-state index contributed by atoms with van der Waals surface area (Å²) in [5.41, 5.74) is 6.91. The molecular weight excluding hydrogens is 361 g/mol. The second-order valence-electron chi connectivity index (χ2n) is 4.40. The lowest BCUT2D eigenvalue weighted by molar-refractivity contribution is 0.579. The van der Waals surface area contributed by atoms with Crippen molar-refractivity contribution in [3.05, 3.63) is 52.0 Å². The fourth-order valence-electron chi connectivity index (χ4n) is 1.72. The third-order valence-corrected chi connectivity index (χ3v) is 4.95. The fraction of sp³-hybridized carbons (Fsp3) is 0.154. The summed E-state index contributed by atoms with van der Waals surface area (Å²) >= 11 is 2.95. The van der Waals surface area contributed by atoms with E-state index in [-0.39, 0.29) is 21.6 Å². The molecule has 0 unspecified atom stereocenters. The van der Waals surface area contributed by atoms with Gasteiger partial charge in [0.2, 0.25) is 10.0 Å². The molecule has 21 heavy (non-hydrogen) atoms. The van der Waals surface area contributed by atoms with Crippen molar-refractivity contribution in [2.75, 3.05) is 5.73 Å². The van der Waals surface area contributed by atoms with E-state index >= 15 is 0 Å². The summed E-state index contributed by atoms with van der Waals surface area (Å²) in [7, 11) is -3.86. The van der Waals surface area contributed by atoms with Gasteiger partial charge in [-0.25, -0.2) is 17.5 Å². The highest BCUT2D eigenvalue weighted by atomic mass is 79.9. The Hall–Kier alpha value is -1.51. The molecular formula is C13H13BrFN3O2S. The Kier molecular flexibility index (Phi) is 4.60. The molecule has 1 aromatic carbocycles. The van der Waals surface area contributed by atoms with Crippen LogP contribution in [0.3, 0.4) is 0 Å². The van der Waals surface area contributed by atoms with Gasteiger partial charge in [-0.1, -0.05) is 6.07 Å². The minimum Gasteiger partial charge on any atom is -0.398 e. The quantitative estimate of drug-likeness (QED) is 0.805. The summed E-state index contributed by atoms with van der Waals surface area (Å²) in [6.07, 6.45) is 1.58. The van der Waals surface area contributed by atoms with Crippen LogP contribution in [0.4, 0.5) is 10.1 Å². The van der Waals surface area contributed by atoms with Gasteiger partial charge in [0.15, 0.2) is 0 Å². The molecule has 0 amide bonds. The molecule has 5 nitrogen and oxygen atoms in total. The molecule has 1 aromatic heterocycles. The summed E-state index contributed by atoms with van der Waals surface area (Å²) in [6.45, 7) is 1.86. The Balaban J connectivity index is 2.27. The Morgan fingerprint density at radius 2 is 2.14 bits per heavy atom. The molecule has 0 saturated carbocycles. The van der Waals surface area contributed by atoms with Crippen molar-refractivity contribution in [3.8, 4) is 0 Å². The number of halogens is 2. The number of nitrogens with zero attached hydrogens (tertiary/aromatic N) is 1. The maximum Gasteiger partial charge on any atom is 0.243 e. The third-order valence-electron chi connectivity index (χ3n) is 2.89. The average molecular weight is 374 g/mol. The second kappa shape index (κ2) is 6.08. The molecule has 0 fully saturated rings. The molecule has 3 N–H and O–H groups in total. The van der Waals surface area contributed by atoms with Gasteiger partial charge in [0.1, 0.15) is 10.7 Å². The van der Waals surface area contributed by atoms with Gasteiger partial charge < -0.3 is 5.73 Å². The summed E-state index contributed by atoms with van der Waals surface area (Å²) in [5, 5.41) is 0. The smallest absolute Gasteiger partial charge is 0.243 e. The average Bonchev–Trinajstić information content (AvgIpc) is 2.42. The minimum atomic E-state index is -3.86. The molecule has 0 bridgehead atoms. The zero-order valence-corrected chi connectivity index (χ0v) is 13.5. The first-order valence-corrected chi connectivity index (χ1v) is 8.23. The van der Waals surface area contributed by atoms with E-state index in [9.17, 15) is 12.8 Å². The number of nitrogens with one attached hydrogen (secondary N) is 1. The highest BCUT2D eigenvalue weighted by Crippen LogP contribution is 2.26. The van der Waals surface area contributed by atoms with Gasteiger partial charge in [-0.2, -0.15) is 0 Å². The lowest BCUT2D eigenvalue weighted by atomic mass is 10.2. The predicted octanol–water partition coefficient (Wildman–Crippen LogP) is 2.35. The molecule has 1 heterocycles. The van der Waals surface area contributed by atoms with Crippen molar-refractivity contribution in [2.45, 2.75) is 18.4 Å². The van der Waals surface area contributed by atoms with Crippen LogP contribution in [-0.4, -0.2) is 13.4 Å². The number of hydrogen-bond acceptors (Lipinski definition) is 4. The molecule has 0 aliphatic carbocycles. The van der Waals surface area contributed by atoms with Gasteiger partial charge >= 0.3 is 0 Å². The lowest BCUT2D eigenvalue weighted by Crippen LogP contribution is -2.25. The van der Waals surface area contributed by atoms with Crippen LogP contribution in [0.5, 0.6) is 0 Å². The van der Waals surface area contributed by atoms with E-state index in [4.69, 9.17) is 5.73 Å². The molecule has 2 rings (SSSR count). The number of aryl methyl sites for hydroxylation is 1. The van der Waals surface area contributed by atoms with Gasteiger partial charge in [-0.15, -0.1) is 0 Å². The first kappa shape index (κ1) is 15.9. The van der Waals surface area contributed by atoms with Crippen molar-refractivity contribution in [3.63, 3.8) is 0 Å². The number of benzene rings is 1. The predicted molar refractivity (Wildman–Crippen MR) is 81.5 cm³/mol. The van der Waals surface area contributed by atoms with Gasteiger partial charge in [-0.05, 0) is 46.6 Å². The Morgan fingerprint density at radius 1 is 1.43 bits per heavy atom. The van der Waals surface area contributed by atoms with Gasteiger partial charge in [0, 0.05) is 6.20 Å². The minimum absolute atomic E-state index is 0.0312. The van der Waals surface area contributed by atoms with Crippen LogP contribution < -0.4 is 10.5 Å². The van der Waals surface area contributed by atoms with E-state index < -0.39 is 15.8 Å². The Labute approximate surface area is 130 Å². The monoisotopic (exact) mass is 373 g/mol. The highest BCUT2D eigenvalue weighted by molar-refractivity contribution is 9.10. The first-order valence-electron chi connectivity index (χ1n) is 5.96. The van der Waals surface area contributed by atoms with Crippen LogP contribution in [0.25, 0.3) is 0 Å². The van der Waals surface area contributed by atoms with Gasteiger partial charge in [-0.3, -0.25) is 4.98 Å². The first-order chi connectivity index (χ1) is 9.81. The molecule has 112 valence electrons. The van der Waals surface area contributed by atoms with Crippen LogP contribution in [-0.2, 0) is 16.6 Å². The fourth-order valence-corrected chi connectivity index (χ4v) is 3.34. The number of aromatic nitrogens is 1. The van der Waals surface area contributed by atoms with E-state index in [0.717, 1.165) is 17.7 Å². The number of hydrogen-bond donors (Lipinski definition) is 2. The van der Waals surface area contributed by atoms with E-state index in [0.29, 0.717) is 5.69 Å². The SMILES string of the molecule is Cc1cccnc1CNS(=O)(=O)c1cc(Br)c(F)cc1N. The van der Waals surface area contributed by atoms with E-state index in [2.05, 4.69) is 25.6 Å². The molecule has 0 spiro atoms. The zero-order chi connectivity index (χ0) is 15.6. The van der Waals surface area contributed by atoms with Crippen molar-refractivity contribution in [1.82, 2.24) is 9.71 Å². The molecule has 0 aliphatic heterocycles. The van der Waals surface area contributed by atoms with Gasteiger partial charge in [0.25, 0.3) is 0 Å². The van der Waals surface area contributed by atoms with Crippen molar-refractivity contribution < 1.29 is 12.8 Å². The molecule has 0 radical (unpaired) electrons. The number of anilines is 1. The molecule has 0 saturated heterocycles. The summed E-state index contributed by atoms with van der Waals surface area (Å²) in [4.78, 5) is 3.93. The summed E-state index contributed by atoms with van der Waals surface area (Å²) < 4.78 is 40.2. The van der Waals surface area contributed by atoms with Crippen molar-refractivity contribution >= 4 is 31.6 Å². The number of nitrogens with two attached hydrogens (primary N) is 1. The number of rotatable bonds is 4. The summed E-state index contributed by atoms with van der Waals surface area (Å²) in [5.74, 6) is -0.618. The maximum atomic E-state index is 13.3. The van der Waals surface area contributed by atoms with Gasteiger partial charge in [0.05, 0.1) is 22.4 Å². The second-order valence-corrected chi connectivity index (χ2v) is 6.99. The number of nitrogen functional groups attached to an aromatic ring is 1. The Morgan fingerprint density at radius 3 is 2.81 bits per heavy atom. The number of pyridine rings is 1. The van der Waals surface area contributed by atoms with Crippen LogP contribution in [0, 0.1) is 12.7 Å². The van der Waals surface area contributed by atoms with E-state index in [1.54, 1.807) is 12.3 Å². The summed E-state index contributed by atoms with van der Waals surface area (Å²) in [6, 6.07) is 5.70. The molecule has 0 aliphatic rings. The van der Waals surface area contributed by atoms with Crippen molar-refractivity contribution in [2.24, 2.45) is 0 Å². The lowest BCUT2D eigenvalue weighted by Gasteiger charge is -2.10. The molecule has 8 heteroatoms. The van der Waals surface area contributed by atoms with Crippen LogP contribution in [0.1, 0.15) is 11.3 Å². The van der Waals surface area contributed by atoms with E-state index in [1.807, 2.05) is 13.0 Å². The van der Waals surface area contributed by atoms with Crippen molar-refractivity contribution in [1.29, 1.82) is 0 Å². The van der Waals surface area contributed by atoms with Crippen LogP contribution in [0.15, 0.2) is 39.8 Å². The molecule has 2 aromatic rings. The highest BCUT2D eigenvalue weighted by Gasteiger charge is 2.20. The Bertz CT molecular complexity index is 781. The topological polar surface area (TPSA) is 85.1 Å².